The molecule has 0 saturated heterocycles. The first-order valence-electron chi connectivity index (χ1n) is 5.73. The number of aromatic nitrogens is 2. The van der Waals surface area contributed by atoms with Crippen molar-refractivity contribution in [1.82, 2.24) is 15.1 Å². The van der Waals surface area contributed by atoms with Gasteiger partial charge in [-0.1, -0.05) is 6.92 Å². The Hall–Kier alpha value is -1.34. The maximum atomic E-state index is 8.92. The average Bonchev–Trinajstić information content (AvgIpc) is 2.52. The third-order valence-corrected chi connectivity index (χ3v) is 2.98. The van der Waals surface area contributed by atoms with Crippen LogP contribution in [0.3, 0.4) is 0 Å². The van der Waals surface area contributed by atoms with Gasteiger partial charge in [0.05, 0.1) is 17.8 Å². The number of hydrogen-bond acceptors (Lipinski definition) is 3. The smallest absolute Gasteiger partial charge is 0.0970 e. The van der Waals surface area contributed by atoms with Crippen molar-refractivity contribution >= 4 is 0 Å². The van der Waals surface area contributed by atoms with E-state index in [0.717, 1.165) is 25.2 Å². The van der Waals surface area contributed by atoms with E-state index in [4.69, 9.17) is 5.26 Å². The molecule has 1 N–H and O–H groups in total. The first kappa shape index (κ1) is 12.7. The molecule has 0 radical (unpaired) electrons. The summed E-state index contributed by atoms with van der Waals surface area (Å²) < 4.78 is 1.99. The zero-order valence-electron chi connectivity index (χ0n) is 10.5. The Balaban J connectivity index is 2.61. The molecule has 0 aliphatic rings. The van der Waals surface area contributed by atoms with E-state index in [0.29, 0.717) is 0 Å². The summed E-state index contributed by atoms with van der Waals surface area (Å²) in [4.78, 5) is 0. The van der Waals surface area contributed by atoms with Gasteiger partial charge in [-0.25, -0.2) is 0 Å². The second-order valence-corrected chi connectivity index (χ2v) is 4.05. The molecule has 1 unspecified atom stereocenters. The molecule has 1 rings (SSSR count). The number of aryl methyl sites for hydroxylation is 2. The van der Waals surface area contributed by atoms with Gasteiger partial charge in [0.25, 0.3) is 0 Å². The molecule has 1 atom stereocenters. The van der Waals surface area contributed by atoms with Gasteiger partial charge in [-0.05, 0) is 39.3 Å². The molecule has 1 aromatic heterocycles. The maximum absolute atomic E-state index is 8.92. The van der Waals surface area contributed by atoms with E-state index in [-0.39, 0.29) is 6.04 Å². The van der Waals surface area contributed by atoms with E-state index in [1.54, 1.807) is 0 Å². The summed E-state index contributed by atoms with van der Waals surface area (Å²) in [5.41, 5.74) is 3.53. The minimum absolute atomic E-state index is 0.0748. The van der Waals surface area contributed by atoms with Crippen LogP contribution in [0.25, 0.3) is 0 Å². The highest BCUT2D eigenvalue weighted by Gasteiger charge is 2.10. The minimum Gasteiger partial charge on any atom is -0.302 e. The molecular weight excluding hydrogens is 200 g/mol. The molecule has 0 aromatic carbocycles. The third kappa shape index (κ3) is 2.83. The fraction of sp³-hybridized carbons (Fsp3) is 0.667. The quantitative estimate of drug-likeness (QED) is 0.821. The molecule has 4 nitrogen and oxygen atoms in total. The van der Waals surface area contributed by atoms with Gasteiger partial charge < -0.3 is 5.32 Å². The zero-order valence-corrected chi connectivity index (χ0v) is 10.5. The van der Waals surface area contributed by atoms with Gasteiger partial charge in [-0.15, -0.1) is 0 Å². The van der Waals surface area contributed by atoms with Gasteiger partial charge in [-0.2, -0.15) is 10.4 Å². The lowest BCUT2D eigenvalue weighted by Crippen LogP contribution is -2.28. The van der Waals surface area contributed by atoms with Crippen molar-refractivity contribution in [1.29, 1.82) is 5.26 Å². The fourth-order valence-corrected chi connectivity index (χ4v) is 1.71. The summed E-state index contributed by atoms with van der Waals surface area (Å²) >= 11 is 0. The van der Waals surface area contributed by atoms with Crippen LogP contribution in [-0.4, -0.2) is 22.4 Å². The lowest BCUT2D eigenvalue weighted by Gasteiger charge is -2.10. The van der Waals surface area contributed by atoms with Gasteiger partial charge in [0, 0.05) is 12.2 Å². The summed E-state index contributed by atoms with van der Waals surface area (Å²) in [5, 5.41) is 16.5. The number of nitriles is 1. The molecule has 88 valence electrons. The number of nitrogens with zero attached hydrogens (tertiary/aromatic N) is 3. The van der Waals surface area contributed by atoms with E-state index >= 15 is 0 Å². The first-order valence-corrected chi connectivity index (χ1v) is 5.73. The Morgan fingerprint density at radius 3 is 2.56 bits per heavy atom. The summed E-state index contributed by atoms with van der Waals surface area (Å²) in [6, 6.07) is 2.19. The van der Waals surface area contributed by atoms with Crippen molar-refractivity contribution in [3.63, 3.8) is 0 Å². The van der Waals surface area contributed by atoms with Crippen molar-refractivity contribution in [3.8, 4) is 6.07 Å². The SMILES string of the molecule is CCNC(C#N)CCn1nc(C)c(C)c1C. The van der Waals surface area contributed by atoms with Crippen molar-refractivity contribution in [3.05, 3.63) is 17.0 Å². The molecule has 1 aromatic rings. The van der Waals surface area contributed by atoms with Gasteiger partial charge >= 0.3 is 0 Å². The largest absolute Gasteiger partial charge is 0.302 e. The molecule has 0 saturated carbocycles. The Kier molecular flexibility index (Phi) is 4.51. The second kappa shape index (κ2) is 5.66. The maximum Gasteiger partial charge on any atom is 0.0970 e. The Labute approximate surface area is 97.3 Å². The molecule has 0 spiro atoms. The summed E-state index contributed by atoms with van der Waals surface area (Å²) in [5.74, 6) is 0. The van der Waals surface area contributed by atoms with Crippen LogP contribution in [0, 0.1) is 32.1 Å². The van der Waals surface area contributed by atoms with Crippen molar-refractivity contribution < 1.29 is 0 Å². The van der Waals surface area contributed by atoms with Crippen LogP contribution in [0.5, 0.6) is 0 Å². The lowest BCUT2D eigenvalue weighted by atomic mass is 10.2. The van der Waals surface area contributed by atoms with E-state index in [1.807, 2.05) is 18.5 Å². The summed E-state index contributed by atoms with van der Waals surface area (Å²) in [6.45, 7) is 9.81. The second-order valence-electron chi connectivity index (χ2n) is 4.05. The molecule has 0 fully saturated rings. The van der Waals surface area contributed by atoms with Crippen LogP contribution in [0.15, 0.2) is 0 Å². The van der Waals surface area contributed by atoms with Gasteiger partial charge in [0.15, 0.2) is 0 Å². The van der Waals surface area contributed by atoms with Crippen LogP contribution in [0.1, 0.15) is 30.3 Å². The number of hydrogen-bond donors (Lipinski definition) is 1. The Morgan fingerprint density at radius 1 is 1.44 bits per heavy atom. The summed E-state index contributed by atoms with van der Waals surface area (Å²) in [6.07, 6.45) is 0.797. The monoisotopic (exact) mass is 220 g/mol. The van der Waals surface area contributed by atoms with Crippen molar-refractivity contribution in [2.24, 2.45) is 0 Å². The Morgan fingerprint density at radius 2 is 2.12 bits per heavy atom. The first-order chi connectivity index (χ1) is 7.60. The van der Waals surface area contributed by atoms with Crippen LogP contribution < -0.4 is 5.32 Å². The topological polar surface area (TPSA) is 53.6 Å². The zero-order chi connectivity index (χ0) is 12.1. The van der Waals surface area contributed by atoms with Gasteiger partial charge in [0.1, 0.15) is 0 Å². The van der Waals surface area contributed by atoms with E-state index in [9.17, 15) is 0 Å². The highest BCUT2D eigenvalue weighted by Crippen LogP contribution is 2.11. The number of rotatable bonds is 5. The third-order valence-electron chi connectivity index (χ3n) is 2.98. The average molecular weight is 220 g/mol. The van der Waals surface area contributed by atoms with Crippen LogP contribution in [0.2, 0.25) is 0 Å². The minimum atomic E-state index is -0.0748. The molecule has 4 heteroatoms. The molecule has 0 aliphatic heterocycles. The van der Waals surface area contributed by atoms with Crippen molar-refractivity contribution in [2.45, 2.75) is 46.7 Å². The molecule has 0 bridgehead atoms. The van der Waals surface area contributed by atoms with E-state index in [1.165, 1.54) is 11.3 Å². The van der Waals surface area contributed by atoms with E-state index in [2.05, 4.69) is 30.3 Å². The molecule has 0 amide bonds. The normalized spacial score (nSPS) is 12.4. The molecular formula is C12H20N4. The standard InChI is InChI=1S/C12H20N4/c1-5-14-12(8-13)6-7-16-11(4)9(2)10(3)15-16/h12,14H,5-7H2,1-4H3. The predicted molar refractivity (Wildman–Crippen MR) is 64.1 cm³/mol. The van der Waals surface area contributed by atoms with E-state index < -0.39 is 0 Å². The molecule has 16 heavy (non-hydrogen) atoms. The fourth-order valence-electron chi connectivity index (χ4n) is 1.71. The lowest BCUT2D eigenvalue weighted by molar-refractivity contribution is 0.493. The highest BCUT2D eigenvalue weighted by molar-refractivity contribution is 5.22. The Bertz CT molecular complexity index is 386. The van der Waals surface area contributed by atoms with Crippen LogP contribution in [0.4, 0.5) is 0 Å². The van der Waals surface area contributed by atoms with Gasteiger partial charge in [0.2, 0.25) is 0 Å². The number of nitrogens with one attached hydrogen (secondary N) is 1. The van der Waals surface area contributed by atoms with Crippen LogP contribution in [-0.2, 0) is 6.54 Å². The summed E-state index contributed by atoms with van der Waals surface area (Å²) in [7, 11) is 0. The predicted octanol–water partition coefficient (Wildman–Crippen LogP) is 1.70. The molecule has 0 aliphatic carbocycles. The molecule has 1 heterocycles. The van der Waals surface area contributed by atoms with Gasteiger partial charge in [-0.3, -0.25) is 4.68 Å². The van der Waals surface area contributed by atoms with Crippen molar-refractivity contribution in [2.75, 3.05) is 6.54 Å². The van der Waals surface area contributed by atoms with Crippen LogP contribution >= 0.6 is 0 Å². The highest BCUT2D eigenvalue weighted by atomic mass is 15.3.